The Hall–Kier alpha value is -3.71. The van der Waals surface area contributed by atoms with Crippen LogP contribution in [-0.2, 0) is 17.9 Å². The van der Waals surface area contributed by atoms with Gasteiger partial charge in [-0.2, -0.15) is 0 Å². The van der Waals surface area contributed by atoms with Crippen LogP contribution in [0.15, 0.2) is 89.7 Å². The van der Waals surface area contributed by atoms with E-state index in [4.69, 9.17) is 12.2 Å². The molecule has 1 aliphatic heterocycles. The molecule has 5 rings (SSSR count). The van der Waals surface area contributed by atoms with Crippen LogP contribution in [0.25, 0.3) is 10.9 Å². The largest absolute Gasteiger partial charge is 0.364 e. The average Bonchev–Trinajstić information content (AvgIpc) is 2.98. The summed E-state index contributed by atoms with van der Waals surface area (Å²) in [5, 5.41) is 0.652. The molecule has 0 spiro atoms. The molecule has 1 aromatic heterocycles. The van der Waals surface area contributed by atoms with E-state index in [2.05, 4.69) is 70.5 Å². The molecule has 202 valence electrons. The van der Waals surface area contributed by atoms with E-state index >= 15 is 0 Å². The standard InChI is InChI=1S/C32H36N4O2S/c37-30(18-8-3-11-21-35-31(38)28-16-9-10-17-29(28)33-32(35)39)34-22-19-27(20-23-34)36(26-14-6-2-7-15-26)24-25-12-4-1-5-13-25/h1-2,4-7,9-10,12-17,27H,3,8,11,18-24H2,(H,33,39). The second-order valence-electron chi connectivity index (χ2n) is 10.3. The van der Waals surface area contributed by atoms with Crippen LogP contribution in [-0.4, -0.2) is 39.5 Å². The Balaban J connectivity index is 1.10. The van der Waals surface area contributed by atoms with E-state index in [9.17, 15) is 9.59 Å². The number of nitrogens with one attached hydrogen (secondary N) is 1. The molecule has 1 aliphatic rings. The molecule has 4 aromatic rings. The zero-order valence-electron chi connectivity index (χ0n) is 22.3. The number of benzene rings is 3. The fraction of sp³-hybridized carbons (Fsp3) is 0.344. The number of nitrogens with zero attached hydrogens (tertiary/aromatic N) is 3. The maximum Gasteiger partial charge on any atom is 0.262 e. The maximum absolute atomic E-state index is 13.0. The number of likely N-dealkylation sites (tertiary alicyclic amines) is 1. The van der Waals surface area contributed by atoms with Crippen molar-refractivity contribution in [3.63, 3.8) is 0 Å². The summed E-state index contributed by atoms with van der Waals surface area (Å²) in [6.07, 6.45) is 5.01. The van der Waals surface area contributed by atoms with E-state index < -0.39 is 0 Å². The summed E-state index contributed by atoms with van der Waals surface area (Å²) in [6.45, 7) is 3.02. The van der Waals surface area contributed by atoms with Gasteiger partial charge in [-0.25, -0.2) is 0 Å². The first-order valence-corrected chi connectivity index (χ1v) is 14.4. The van der Waals surface area contributed by atoms with Crippen LogP contribution in [0.4, 0.5) is 5.69 Å². The number of H-pyrrole nitrogens is 1. The van der Waals surface area contributed by atoms with E-state index in [1.54, 1.807) is 4.57 Å². The Morgan fingerprint density at radius 3 is 2.28 bits per heavy atom. The Kier molecular flexibility index (Phi) is 8.89. The topological polar surface area (TPSA) is 61.3 Å². The molecule has 1 fully saturated rings. The number of rotatable bonds is 10. The summed E-state index contributed by atoms with van der Waals surface area (Å²) < 4.78 is 2.09. The van der Waals surface area contributed by atoms with Gasteiger partial charge in [0.15, 0.2) is 4.77 Å². The van der Waals surface area contributed by atoms with Crippen molar-refractivity contribution in [2.45, 2.75) is 57.7 Å². The highest BCUT2D eigenvalue weighted by Gasteiger charge is 2.27. The van der Waals surface area contributed by atoms with Gasteiger partial charge in [0.1, 0.15) is 0 Å². The third-order valence-corrected chi connectivity index (χ3v) is 8.03. The van der Waals surface area contributed by atoms with Crippen molar-refractivity contribution in [3.8, 4) is 0 Å². The van der Waals surface area contributed by atoms with Gasteiger partial charge in [0.2, 0.25) is 5.91 Å². The van der Waals surface area contributed by atoms with Crippen LogP contribution < -0.4 is 10.5 Å². The number of hydrogen-bond donors (Lipinski definition) is 1. The molecular weight excluding hydrogens is 504 g/mol. The molecule has 3 aromatic carbocycles. The minimum atomic E-state index is -0.0508. The summed E-state index contributed by atoms with van der Waals surface area (Å²) in [7, 11) is 0. The number of unbranched alkanes of at least 4 members (excludes halogenated alkanes) is 2. The van der Waals surface area contributed by atoms with E-state index in [1.165, 1.54) is 11.3 Å². The molecule has 1 amide bonds. The first-order chi connectivity index (χ1) is 19.1. The van der Waals surface area contributed by atoms with Gasteiger partial charge in [0.05, 0.1) is 10.9 Å². The first kappa shape index (κ1) is 26.9. The van der Waals surface area contributed by atoms with Crippen LogP contribution >= 0.6 is 12.2 Å². The quantitative estimate of drug-likeness (QED) is 0.189. The van der Waals surface area contributed by atoms with Crippen molar-refractivity contribution in [3.05, 3.63) is 106 Å². The lowest BCUT2D eigenvalue weighted by Gasteiger charge is -2.40. The van der Waals surface area contributed by atoms with Crippen LogP contribution in [0.5, 0.6) is 0 Å². The van der Waals surface area contributed by atoms with Crippen LogP contribution in [0.1, 0.15) is 44.1 Å². The monoisotopic (exact) mass is 540 g/mol. The van der Waals surface area contributed by atoms with Crippen molar-refractivity contribution < 1.29 is 4.79 Å². The Morgan fingerprint density at radius 2 is 1.54 bits per heavy atom. The minimum Gasteiger partial charge on any atom is -0.364 e. The summed E-state index contributed by atoms with van der Waals surface area (Å²) in [5.74, 6) is 0.239. The highest BCUT2D eigenvalue weighted by atomic mass is 32.1. The molecule has 2 heterocycles. The maximum atomic E-state index is 13.0. The number of para-hydroxylation sites is 2. The van der Waals surface area contributed by atoms with Crippen molar-refractivity contribution in [1.29, 1.82) is 0 Å². The Morgan fingerprint density at radius 1 is 0.872 bits per heavy atom. The molecular formula is C32H36N4O2S. The Bertz CT molecular complexity index is 1490. The van der Waals surface area contributed by atoms with Gasteiger partial charge in [0.25, 0.3) is 5.56 Å². The molecule has 7 heteroatoms. The minimum absolute atomic E-state index is 0.0508. The summed E-state index contributed by atoms with van der Waals surface area (Å²) in [5.41, 5.74) is 3.25. The van der Waals surface area contributed by atoms with Gasteiger partial charge in [-0.3, -0.25) is 14.2 Å². The van der Waals surface area contributed by atoms with Crippen LogP contribution in [0.3, 0.4) is 0 Å². The number of aromatic amines is 1. The van der Waals surface area contributed by atoms with E-state index in [0.29, 0.717) is 29.2 Å². The predicted molar refractivity (Wildman–Crippen MR) is 161 cm³/mol. The number of aromatic nitrogens is 2. The number of piperidine rings is 1. The molecule has 0 radical (unpaired) electrons. The van der Waals surface area contributed by atoms with Gasteiger partial charge >= 0.3 is 0 Å². The Labute approximate surface area is 234 Å². The van der Waals surface area contributed by atoms with Gasteiger partial charge in [0, 0.05) is 44.3 Å². The molecule has 0 unspecified atom stereocenters. The van der Waals surface area contributed by atoms with Crippen molar-refractivity contribution >= 4 is 34.7 Å². The molecule has 1 N–H and O–H groups in total. The normalized spacial score (nSPS) is 14.0. The highest BCUT2D eigenvalue weighted by Crippen LogP contribution is 2.26. The number of fused-ring (bicyclic) bond motifs is 1. The molecule has 0 atom stereocenters. The van der Waals surface area contributed by atoms with E-state index in [1.807, 2.05) is 29.2 Å². The van der Waals surface area contributed by atoms with Gasteiger partial charge in [-0.15, -0.1) is 0 Å². The van der Waals surface area contributed by atoms with Gasteiger partial charge < -0.3 is 14.8 Å². The zero-order valence-corrected chi connectivity index (χ0v) is 23.1. The lowest BCUT2D eigenvalue weighted by atomic mass is 10.0. The SMILES string of the molecule is O=C(CCCCCn1c(=S)[nH]c2ccccc2c1=O)N1CCC(N(Cc2ccccc2)c2ccccc2)CC1. The molecule has 39 heavy (non-hydrogen) atoms. The predicted octanol–water partition coefficient (Wildman–Crippen LogP) is 6.32. The zero-order chi connectivity index (χ0) is 27.0. The van der Waals surface area contributed by atoms with Gasteiger partial charge in [-0.1, -0.05) is 67.1 Å². The van der Waals surface area contributed by atoms with Crippen molar-refractivity contribution in [2.24, 2.45) is 0 Å². The van der Waals surface area contributed by atoms with Crippen molar-refractivity contribution in [1.82, 2.24) is 14.5 Å². The number of carbonyl (C=O) groups is 1. The summed E-state index contributed by atoms with van der Waals surface area (Å²) in [4.78, 5) is 33.4. The van der Waals surface area contributed by atoms with Crippen molar-refractivity contribution in [2.75, 3.05) is 18.0 Å². The number of amides is 1. The highest BCUT2D eigenvalue weighted by molar-refractivity contribution is 7.71. The van der Waals surface area contributed by atoms with E-state index in [-0.39, 0.29) is 11.5 Å². The van der Waals surface area contributed by atoms with Crippen LogP contribution in [0.2, 0.25) is 0 Å². The second-order valence-corrected chi connectivity index (χ2v) is 10.7. The molecule has 1 saturated heterocycles. The molecule has 0 aliphatic carbocycles. The second kappa shape index (κ2) is 12.9. The van der Waals surface area contributed by atoms with Crippen LogP contribution in [0, 0.1) is 4.77 Å². The summed E-state index contributed by atoms with van der Waals surface area (Å²) in [6, 6.07) is 29.0. The smallest absolute Gasteiger partial charge is 0.262 e. The van der Waals surface area contributed by atoms with Gasteiger partial charge in [-0.05, 0) is 67.7 Å². The fourth-order valence-electron chi connectivity index (χ4n) is 5.54. The lowest BCUT2D eigenvalue weighted by Crippen LogP contribution is -2.46. The average molecular weight is 541 g/mol. The molecule has 0 bridgehead atoms. The molecule has 0 saturated carbocycles. The lowest BCUT2D eigenvalue weighted by molar-refractivity contribution is -0.132. The first-order valence-electron chi connectivity index (χ1n) is 14.0. The molecule has 6 nitrogen and oxygen atoms in total. The number of anilines is 1. The summed E-state index contributed by atoms with van der Waals surface area (Å²) >= 11 is 5.41. The number of carbonyl (C=O) groups excluding carboxylic acids is 1. The number of hydrogen-bond acceptors (Lipinski definition) is 4. The fourth-order valence-corrected chi connectivity index (χ4v) is 5.82. The third kappa shape index (κ3) is 6.66. The van der Waals surface area contributed by atoms with E-state index in [0.717, 1.165) is 57.3 Å². The third-order valence-electron chi connectivity index (χ3n) is 7.70.